The van der Waals surface area contributed by atoms with E-state index in [1.54, 1.807) is 62.3 Å². The number of nitrogens with two attached hydrogens (primary N) is 1. The van der Waals surface area contributed by atoms with Crippen LogP contribution >= 0.6 is 0 Å². The number of carbonyl (C=O) groups excluding carboxylic acids is 5. The molecule has 2 atom stereocenters. The van der Waals surface area contributed by atoms with E-state index in [0.717, 1.165) is 0 Å². The SMILES string of the molecule is CC(C)(C)OC(=O)NCCNC(=O)[C@H](CCNC(=O)C(CCCN)NC(=O)OC(C)(C)C)NC(=O)OC(C)(C)C. The molecule has 0 heterocycles. The molecule has 0 spiro atoms. The first-order chi connectivity index (χ1) is 18.2. The zero-order chi connectivity index (χ0) is 31.1. The molecule has 40 heavy (non-hydrogen) atoms. The fraction of sp³-hybridized carbons (Fsp3) is 0.808. The number of nitrogens with one attached hydrogen (secondary N) is 5. The van der Waals surface area contributed by atoms with Gasteiger partial charge >= 0.3 is 18.3 Å². The van der Waals surface area contributed by atoms with Crippen molar-refractivity contribution in [1.82, 2.24) is 26.6 Å². The van der Waals surface area contributed by atoms with Crippen molar-refractivity contribution in [3.63, 3.8) is 0 Å². The smallest absolute Gasteiger partial charge is 0.408 e. The zero-order valence-corrected chi connectivity index (χ0v) is 25.4. The van der Waals surface area contributed by atoms with Gasteiger partial charge in [-0.25, -0.2) is 14.4 Å². The lowest BCUT2D eigenvalue weighted by atomic mass is 10.1. The molecule has 7 N–H and O–H groups in total. The maximum Gasteiger partial charge on any atom is 0.408 e. The third-order valence-corrected chi connectivity index (χ3v) is 4.54. The zero-order valence-electron chi connectivity index (χ0n) is 25.4. The van der Waals surface area contributed by atoms with Crippen molar-refractivity contribution in [3.05, 3.63) is 0 Å². The van der Waals surface area contributed by atoms with Crippen molar-refractivity contribution in [1.29, 1.82) is 0 Å². The molecular weight excluding hydrogens is 524 g/mol. The van der Waals surface area contributed by atoms with Crippen LogP contribution in [0, 0.1) is 0 Å². The van der Waals surface area contributed by atoms with Gasteiger partial charge in [0.2, 0.25) is 11.8 Å². The van der Waals surface area contributed by atoms with Gasteiger partial charge in [-0.05, 0) is 88.1 Å². The number of rotatable bonds is 13. The van der Waals surface area contributed by atoms with Gasteiger partial charge in [0.25, 0.3) is 0 Å². The van der Waals surface area contributed by atoms with Crippen LogP contribution in [-0.2, 0) is 23.8 Å². The summed E-state index contributed by atoms with van der Waals surface area (Å²) in [5.41, 5.74) is 3.37. The van der Waals surface area contributed by atoms with Crippen LogP contribution < -0.4 is 32.3 Å². The predicted molar refractivity (Wildman–Crippen MR) is 149 cm³/mol. The summed E-state index contributed by atoms with van der Waals surface area (Å²) in [4.78, 5) is 61.9. The molecule has 0 aromatic heterocycles. The van der Waals surface area contributed by atoms with Crippen LogP contribution in [0.15, 0.2) is 0 Å². The fourth-order valence-electron chi connectivity index (χ4n) is 3.01. The van der Waals surface area contributed by atoms with Gasteiger partial charge in [-0.15, -0.1) is 0 Å². The molecule has 14 nitrogen and oxygen atoms in total. The van der Waals surface area contributed by atoms with Crippen LogP contribution in [0.3, 0.4) is 0 Å². The summed E-state index contributed by atoms with van der Waals surface area (Å²) in [5, 5.41) is 12.9. The Morgan fingerprint density at radius 2 is 0.950 bits per heavy atom. The number of amides is 5. The molecule has 1 unspecified atom stereocenters. The summed E-state index contributed by atoms with van der Waals surface area (Å²) < 4.78 is 15.6. The molecule has 232 valence electrons. The molecule has 0 saturated heterocycles. The van der Waals surface area contributed by atoms with Crippen molar-refractivity contribution in [2.24, 2.45) is 5.73 Å². The monoisotopic (exact) mass is 574 g/mol. The van der Waals surface area contributed by atoms with Crippen LogP contribution in [0.4, 0.5) is 14.4 Å². The molecule has 14 heteroatoms. The van der Waals surface area contributed by atoms with Crippen molar-refractivity contribution in [3.8, 4) is 0 Å². The van der Waals surface area contributed by atoms with Gasteiger partial charge < -0.3 is 46.5 Å². The topological polar surface area (TPSA) is 199 Å². The molecule has 0 fully saturated rings. The molecule has 0 rings (SSSR count). The Bertz CT molecular complexity index is 846. The van der Waals surface area contributed by atoms with Gasteiger partial charge in [0.1, 0.15) is 28.9 Å². The number of alkyl carbamates (subject to hydrolysis) is 3. The van der Waals surface area contributed by atoms with Crippen LogP contribution in [-0.4, -0.2) is 85.2 Å². The van der Waals surface area contributed by atoms with Gasteiger partial charge in [0.15, 0.2) is 0 Å². The van der Waals surface area contributed by atoms with Crippen molar-refractivity contribution < 1.29 is 38.2 Å². The fourth-order valence-corrected chi connectivity index (χ4v) is 3.01. The molecular formula is C26H50N6O8. The number of hydrogen-bond donors (Lipinski definition) is 6. The molecule has 0 aromatic rings. The Morgan fingerprint density at radius 3 is 1.38 bits per heavy atom. The van der Waals surface area contributed by atoms with E-state index >= 15 is 0 Å². The first-order valence-corrected chi connectivity index (χ1v) is 13.4. The molecule has 0 aliphatic rings. The van der Waals surface area contributed by atoms with Crippen molar-refractivity contribution in [2.45, 2.75) is 110 Å². The summed E-state index contributed by atoms with van der Waals surface area (Å²) in [7, 11) is 0. The highest BCUT2D eigenvalue weighted by atomic mass is 16.6. The lowest BCUT2D eigenvalue weighted by molar-refractivity contribution is -0.125. The highest BCUT2D eigenvalue weighted by Gasteiger charge is 2.27. The Labute approximate surface area is 237 Å². The lowest BCUT2D eigenvalue weighted by Gasteiger charge is -2.25. The van der Waals surface area contributed by atoms with Crippen molar-refractivity contribution in [2.75, 3.05) is 26.2 Å². The Kier molecular flexibility index (Phi) is 15.4. The third kappa shape index (κ3) is 19.7. The molecule has 0 bridgehead atoms. The average molecular weight is 575 g/mol. The second kappa shape index (κ2) is 16.7. The molecule has 0 aliphatic heterocycles. The largest absolute Gasteiger partial charge is 0.444 e. The minimum atomic E-state index is -1.06. The maximum absolute atomic E-state index is 12.8. The third-order valence-electron chi connectivity index (χ3n) is 4.54. The highest BCUT2D eigenvalue weighted by molar-refractivity contribution is 5.87. The molecule has 0 aromatic carbocycles. The Hall–Kier alpha value is -3.29. The van der Waals surface area contributed by atoms with E-state index in [1.807, 2.05) is 0 Å². The van der Waals surface area contributed by atoms with E-state index in [-0.39, 0.29) is 32.5 Å². The second-order valence-electron chi connectivity index (χ2n) is 12.1. The summed E-state index contributed by atoms with van der Waals surface area (Å²) in [5.74, 6) is -1.03. The van der Waals surface area contributed by atoms with Gasteiger partial charge in [-0.2, -0.15) is 0 Å². The standard InChI is InChI=1S/C26H50N6O8/c1-24(2,3)38-21(35)30-16-15-29-20(34)18(32-23(37)40-26(7,8)9)12-14-28-19(33)17(11-10-13-27)31-22(36)39-25(4,5)6/h17-18H,10-16,27H2,1-9H3,(H,28,33)(H,29,34)(H,30,35)(H,31,36)(H,32,37)/t17?,18-/m0/s1. The Morgan fingerprint density at radius 1 is 0.575 bits per heavy atom. The van der Waals surface area contributed by atoms with Gasteiger partial charge in [-0.3, -0.25) is 9.59 Å². The van der Waals surface area contributed by atoms with Gasteiger partial charge in [0.05, 0.1) is 0 Å². The van der Waals surface area contributed by atoms with Crippen molar-refractivity contribution >= 4 is 30.1 Å². The quantitative estimate of drug-likeness (QED) is 0.140. The summed E-state index contributed by atoms with van der Waals surface area (Å²) >= 11 is 0. The lowest BCUT2D eigenvalue weighted by Crippen LogP contribution is -2.52. The number of hydrogen-bond acceptors (Lipinski definition) is 9. The minimum Gasteiger partial charge on any atom is -0.444 e. The first-order valence-electron chi connectivity index (χ1n) is 13.4. The normalized spacial score (nSPS) is 13.2. The van der Waals surface area contributed by atoms with Crippen LogP contribution in [0.1, 0.15) is 81.6 Å². The van der Waals surface area contributed by atoms with Crippen LogP contribution in [0.2, 0.25) is 0 Å². The van der Waals surface area contributed by atoms with E-state index < -0.39 is 59.0 Å². The molecule has 5 amide bonds. The summed E-state index contributed by atoms with van der Waals surface area (Å²) in [6.45, 7) is 15.8. The molecule has 0 aliphatic carbocycles. The van der Waals surface area contributed by atoms with E-state index in [4.69, 9.17) is 19.9 Å². The summed E-state index contributed by atoms with van der Waals surface area (Å²) in [6, 6.07) is -1.96. The number of carbonyl (C=O) groups is 5. The highest BCUT2D eigenvalue weighted by Crippen LogP contribution is 2.09. The second-order valence-corrected chi connectivity index (χ2v) is 12.1. The number of ether oxygens (including phenoxy) is 3. The van der Waals surface area contributed by atoms with E-state index in [2.05, 4.69) is 26.6 Å². The first kappa shape index (κ1) is 36.7. The van der Waals surface area contributed by atoms with E-state index in [0.29, 0.717) is 13.0 Å². The minimum absolute atomic E-state index is 0.00198. The summed E-state index contributed by atoms with van der Waals surface area (Å²) in [6.07, 6.45) is -1.39. The van der Waals surface area contributed by atoms with Crippen LogP contribution in [0.25, 0.3) is 0 Å². The van der Waals surface area contributed by atoms with E-state index in [1.165, 1.54) is 0 Å². The predicted octanol–water partition coefficient (Wildman–Crippen LogP) is 1.66. The molecule has 0 saturated carbocycles. The van der Waals surface area contributed by atoms with E-state index in [9.17, 15) is 24.0 Å². The van der Waals surface area contributed by atoms with Gasteiger partial charge in [0, 0.05) is 19.6 Å². The average Bonchev–Trinajstić information content (AvgIpc) is 2.74. The maximum atomic E-state index is 12.8. The van der Waals surface area contributed by atoms with Crippen LogP contribution in [0.5, 0.6) is 0 Å². The van der Waals surface area contributed by atoms with Gasteiger partial charge in [-0.1, -0.05) is 0 Å². The molecule has 0 radical (unpaired) electrons. The Balaban J connectivity index is 5.14.